The number of benzene rings is 2. The summed E-state index contributed by atoms with van der Waals surface area (Å²) in [6.45, 7) is 4.65. The highest BCUT2D eigenvalue weighted by molar-refractivity contribution is 6.09. The first kappa shape index (κ1) is 22.2. The van der Waals surface area contributed by atoms with Crippen molar-refractivity contribution in [2.45, 2.75) is 27.1 Å². The van der Waals surface area contributed by atoms with Crippen molar-refractivity contribution < 1.29 is 45.8 Å². The summed E-state index contributed by atoms with van der Waals surface area (Å²) in [5, 5.41) is 2.68. The summed E-state index contributed by atoms with van der Waals surface area (Å²) in [5.41, 5.74) is 1.38. The number of amides is 1. The van der Waals surface area contributed by atoms with Gasteiger partial charge in [0.05, 0.1) is 18.3 Å². The summed E-state index contributed by atoms with van der Waals surface area (Å²) in [5.74, 6) is -2.72. The molecule has 0 aliphatic carbocycles. The minimum atomic E-state index is -5.04. The molecule has 0 aliphatic heterocycles. The highest BCUT2D eigenvalue weighted by atomic mass is 19.4. The number of hydrogen-bond donors (Lipinski definition) is 1. The Bertz CT molecular complexity index is 1410. The van der Waals surface area contributed by atoms with E-state index in [4.69, 9.17) is 18.3 Å². The summed E-state index contributed by atoms with van der Waals surface area (Å²) < 4.78 is 80.2. The van der Waals surface area contributed by atoms with Crippen molar-refractivity contribution in [2.75, 3.05) is 19.5 Å². The molecule has 0 saturated carbocycles. The van der Waals surface area contributed by atoms with E-state index in [0.29, 0.717) is 17.2 Å². The number of rotatable bonds is 8. The first-order valence-corrected chi connectivity index (χ1v) is 10.3. The van der Waals surface area contributed by atoms with Crippen LogP contribution in [0.3, 0.4) is 0 Å². The zero-order chi connectivity index (χ0) is 29.1. The zero-order valence-electron chi connectivity index (χ0n) is 22.6. The number of carbonyl (C=O) groups excluding carboxylic acids is 2. The highest BCUT2D eigenvalue weighted by Gasteiger charge is 2.31. The van der Waals surface area contributed by atoms with E-state index in [0.717, 1.165) is 12.1 Å². The van der Waals surface area contributed by atoms with E-state index in [9.17, 15) is 22.8 Å². The lowest BCUT2D eigenvalue weighted by Gasteiger charge is -2.18. The summed E-state index contributed by atoms with van der Waals surface area (Å²) in [7, 11) is -1.73. The molecule has 1 N–H and O–H groups in total. The highest BCUT2D eigenvalue weighted by Crippen LogP contribution is 2.40. The molecule has 0 atom stereocenters. The fourth-order valence-corrected chi connectivity index (χ4v) is 3.24. The van der Waals surface area contributed by atoms with Crippen molar-refractivity contribution in [3.05, 3.63) is 65.0 Å². The van der Waals surface area contributed by atoms with Gasteiger partial charge in [-0.25, -0.2) is 0 Å². The Morgan fingerprint density at radius 1 is 1.00 bits per heavy atom. The number of anilines is 1. The number of methoxy groups -OCH3 is 2. The van der Waals surface area contributed by atoms with E-state index in [1.807, 2.05) is 0 Å². The standard InChI is InChI=1S/C25H23F3N2O6/c1-13-6-8-20(35-19-9-7-16(10-21(19)33-4)36-25(26,27)28)22(23(13)34-5)24(32)30-17-11-18(15(3)31)29-12-14(17)2/h6-12H,1-5H3,(H,29,30,32)/i4D3. The average molecular weight is 507 g/mol. The fraction of sp³-hybridized carbons (Fsp3) is 0.240. The quantitative estimate of drug-likeness (QED) is 0.382. The van der Waals surface area contributed by atoms with Crippen LogP contribution in [-0.4, -0.2) is 37.2 Å². The molecule has 0 saturated heterocycles. The van der Waals surface area contributed by atoms with Crippen LogP contribution >= 0.6 is 0 Å². The molecule has 8 nitrogen and oxygen atoms in total. The van der Waals surface area contributed by atoms with Crippen LogP contribution in [0.1, 0.15) is 43.0 Å². The van der Waals surface area contributed by atoms with Crippen LogP contribution in [0.2, 0.25) is 0 Å². The predicted molar refractivity (Wildman–Crippen MR) is 124 cm³/mol. The lowest BCUT2D eigenvalue weighted by Crippen LogP contribution is -2.17. The number of aromatic nitrogens is 1. The number of carbonyl (C=O) groups is 2. The largest absolute Gasteiger partial charge is 0.573 e. The molecule has 1 heterocycles. The molecule has 1 amide bonds. The van der Waals surface area contributed by atoms with Crippen molar-refractivity contribution in [3.8, 4) is 28.7 Å². The number of hydrogen-bond acceptors (Lipinski definition) is 7. The minimum Gasteiger partial charge on any atom is -0.495 e. The Kier molecular flexibility index (Phi) is 6.50. The van der Waals surface area contributed by atoms with E-state index in [2.05, 4.69) is 15.0 Å². The molecular weight excluding hydrogens is 481 g/mol. The van der Waals surface area contributed by atoms with Gasteiger partial charge in [-0.2, -0.15) is 0 Å². The summed E-state index contributed by atoms with van der Waals surface area (Å²) >= 11 is 0. The predicted octanol–water partition coefficient (Wildman–Crippen LogP) is 5.86. The van der Waals surface area contributed by atoms with Gasteiger partial charge in [0.1, 0.15) is 28.5 Å². The Hall–Kier alpha value is -4.28. The van der Waals surface area contributed by atoms with Crippen LogP contribution in [0, 0.1) is 13.8 Å². The number of alkyl halides is 3. The molecule has 0 spiro atoms. The van der Waals surface area contributed by atoms with E-state index >= 15 is 0 Å². The lowest BCUT2D eigenvalue weighted by atomic mass is 10.1. The average Bonchev–Trinajstić information content (AvgIpc) is 2.80. The summed E-state index contributed by atoms with van der Waals surface area (Å²) in [6.07, 6.45) is -3.62. The Morgan fingerprint density at radius 2 is 1.72 bits per heavy atom. The molecule has 3 aromatic rings. The van der Waals surface area contributed by atoms with Gasteiger partial charge in [0, 0.05) is 24.9 Å². The monoisotopic (exact) mass is 507 g/mol. The van der Waals surface area contributed by atoms with Gasteiger partial charge in [-0.3, -0.25) is 14.6 Å². The number of halogens is 3. The van der Waals surface area contributed by atoms with E-state index in [1.54, 1.807) is 19.9 Å². The molecule has 0 bridgehead atoms. The summed E-state index contributed by atoms with van der Waals surface area (Å²) in [6, 6.07) is 6.95. The van der Waals surface area contributed by atoms with Crippen LogP contribution in [0.25, 0.3) is 0 Å². The Morgan fingerprint density at radius 3 is 2.36 bits per heavy atom. The lowest BCUT2D eigenvalue weighted by molar-refractivity contribution is -0.274. The number of ketones is 1. The van der Waals surface area contributed by atoms with Gasteiger partial charge in [0.25, 0.3) is 5.91 Å². The summed E-state index contributed by atoms with van der Waals surface area (Å²) in [4.78, 5) is 29.2. The van der Waals surface area contributed by atoms with E-state index in [-0.39, 0.29) is 40.0 Å². The molecule has 0 radical (unpaired) electrons. The van der Waals surface area contributed by atoms with Gasteiger partial charge >= 0.3 is 6.36 Å². The number of nitrogens with zero attached hydrogens (tertiary/aromatic N) is 1. The molecule has 11 heteroatoms. The van der Waals surface area contributed by atoms with Crippen LogP contribution in [0.4, 0.5) is 18.9 Å². The third-order valence-electron chi connectivity index (χ3n) is 4.94. The molecule has 0 aliphatic rings. The molecular formula is C25H23F3N2O6. The van der Waals surface area contributed by atoms with Gasteiger partial charge < -0.3 is 24.3 Å². The number of pyridine rings is 1. The topological polar surface area (TPSA) is 96.0 Å². The maximum absolute atomic E-state index is 13.5. The third kappa shape index (κ3) is 6.04. The van der Waals surface area contributed by atoms with Crippen molar-refractivity contribution in [1.29, 1.82) is 0 Å². The number of Topliss-reactive ketones (excluding diaryl/α,β-unsaturated/α-hetero) is 1. The molecule has 1 aromatic heterocycles. The Balaban J connectivity index is 2.08. The van der Waals surface area contributed by atoms with Crippen LogP contribution in [-0.2, 0) is 0 Å². The Labute approximate surface area is 209 Å². The minimum absolute atomic E-state index is 0.110. The van der Waals surface area contributed by atoms with Gasteiger partial charge in [-0.1, -0.05) is 6.07 Å². The second-order valence-corrected chi connectivity index (χ2v) is 7.54. The SMILES string of the molecule is [2H]C([2H])([2H])Oc1cc(OC(F)(F)F)ccc1Oc1ccc(C)c(OC)c1C(=O)Nc1cc(C(C)=O)ncc1C. The maximum atomic E-state index is 13.5. The van der Waals surface area contributed by atoms with Gasteiger partial charge in [0.2, 0.25) is 0 Å². The molecule has 3 rings (SSSR count). The first-order valence-electron chi connectivity index (χ1n) is 11.8. The number of aryl methyl sites for hydroxylation is 2. The molecule has 0 unspecified atom stereocenters. The van der Waals surface area contributed by atoms with E-state index in [1.165, 1.54) is 32.4 Å². The van der Waals surface area contributed by atoms with Gasteiger partial charge in [0.15, 0.2) is 17.3 Å². The fourth-order valence-electron chi connectivity index (χ4n) is 3.24. The molecule has 190 valence electrons. The van der Waals surface area contributed by atoms with E-state index < -0.39 is 30.8 Å². The van der Waals surface area contributed by atoms with Gasteiger partial charge in [-0.15, -0.1) is 13.2 Å². The molecule has 0 fully saturated rings. The first-order chi connectivity index (χ1) is 18.1. The second kappa shape index (κ2) is 10.5. The van der Waals surface area contributed by atoms with Crippen LogP contribution in [0.15, 0.2) is 42.6 Å². The van der Waals surface area contributed by atoms with Crippen LogP contribution in [0.5, 0.6) is 28.7 Å². The van der Waals surface area contributed by atoms with Crippen molar-refractivity contribution in [1.82, 2.24) is 4.98 Å². The van der Waals surface area contributed by atoms with Crippen molar-refractivity contribution in [2.24, 2.45) is 0 Å². The van der Waals surface area contributed by atoms with Crippen molar-refractivity contribution in [3.63, 3.8) is 0 Å². The van der Waals surface area contributed by atoms with Crippen molar-refractivity contribution >= 4 is 17.4 Å². The second-order valence-electron chi connectivity index (χ2n) is 7.54. The molecule has 2 aromatic carbocycles. The third-order valence-corrected chi connectivity index (χ3v) is 4.94. The smallest absolute Gasteiger partial charge is 0.495 e. The zero-order valence-corrected chi connectivity index (χ0v) is 19.6. The maximum Gasteiger partial charge on any atom is 0.573 e. The van der Waals surface area contributed by atoms with Gasteiger partial charge in [-0.05, 0) is 49.2 Å². The number of nitrogens with one attached hydrogen (secondary N) is 1. The molecule has 36 heavy (non-hydrogen) atoms. The van der Waals surface area contributed by atoms with Crippen LogP contribution < -0.4 is 24.3 Å². The normalized spacial score (nSPS) is 12.6. The number of ether oxygens (including phenoxy) is 4.